The first kappa shape index (κ1) is 15.6. The second kappa shape index (κ2) is 5.42. The van der Waals surface area contributed by atoms with Crippen LogP contribution in [0.15, 0.2) is 54.6 Å². The monoisotopic (exact) mass is 349 g/mol. The van der Waals surface area contributed by atoms with Gasteiger partial charge in [-0.25, -0.2) is 0 Å². The van der Waals surface area contributed by atoms with E-state index in [1.807, 2.05) is 54.6 Å². The molecule has 5 heteroatoms. The van der Waals surface area contributed by atoms with E-state index in [0.717, 1.165) is 16.5 Å². The summed E-state index contributed by atoms with van der Waals surface area (Å²) < 4.78 is 11.3. The van der Waals surface area contributed by atoms with Crippen LogP contribution in [0.2, 0.25) is 0 Å². The molecule has 0 radical (unpaired) electrons. The molecular weight excluding hydrogens is 330 g/mol. The fourth-order valence-electron chi connectivity index (χ4n) is 4.65. The van der Waals surface area contributed by atoms with E-state index in [4.69, 9.17) is 9.47 Å². The van der Waals surface area contributed by atoms with Gasteiger partial charge in [0.05, 0.1) is 30.9 Å². The zero-order valence-electron chi connectivity index (χ0n) is 14.4. The van der Waals surface area contributed by atoms with Crippen molar-refractivity contribution in [1.82, 2.24) is 0 Å². The van der Waals surface area contributed by atoms with Crippen LogP contribution in [0.1, 0.15) is 6.92 Å². The number of fused-ring (bicyclic) bond motifs is 2. The number of ether oxygens (including phenoxy) is 2. The summed E-state index contributed by atoms with van der Waals surface area (Å²) in [5.41, 5.74) is 0.135. The van der Waals surface area contributed by atoms with Crippen molar-refractivity contribution in [3.05, 3.63) is 54.6 Å². The molecule has 0 saturated carbocycles. The molecular formula is C21H19NO4. The highest BCUT2D eigenvalue weighted by molar-refractivity contribution is 6.08. The molecule has 26 heavy (non-hydrogen) atoms. The molecule has 3 aliphatic heterocycles. The van der Waals surface area contributed by atoms with Crippen LogP contribution in [-0.4, -0.2) is 36.7 Å². The van der Waals surface area contributed by atoms with E-state index in [0.29, 0.717) is 13.2 Å². The van der Waals surface area contributed by atoms with Gasteiger partial charge in [0.25, 0.3) is 0 Å². The highest BCUT2D eigenvalue weighted by Crippen LogP contribution is 2.53. The van der Waals surface area contributed by atoms with Gasteiger partial charge in [-0.3, -0.25) is 9.59 Å². The Hall–Kier alpha value is -2.66. The number of carbonyl (C=O) groups excluding carboxylic acids is 2. The van der Waals surface area contributed by atoms with Gasteiger partial charge in [-0.1, -0.05) is 48.6 Å². The number of hydrogen-bond acceptors (Lipinski definition) is 4. The Morgan fingerprint density at radius 3 is 2.92 bits per heavy atom. The van der Waals surface area contributed by atoms with E-state index < -0.39 is 17.4 Å². The van der Waals surface area contributed by atoms with Crippen molar-refractivity contribution in [1.29, 1.82) is 0 Å². The lowest BCUT2D eigenvalue weighted by Gasteiger charge is -2.22. The molecule has 1 spiro atoms. The number of amides is 1. The lowest BCUT2D eigenvalue weighted by atomic mass is 9.77. The van der Waals surface area contributed by atoms with Crippen LogP contribution < -0.4 is 4.90 Å². The van der Waals surface area contributed by atoms with E-state index >= 15 is 0 Å². The van der Waals surface area contributed by atoms with Crippen LogP contribution in [0.25, 0.3) is 10.8 Å². The predicted molar refractivity (Wildman–Crippen MR) is 96.7 cm³/mol. The van der Waals surface area contributed by atoms with Crippen LogP contribution in [-0.2, 0) is 19.1 Å². The van der Waals surface area contributed by atoms with Gasteiger partial charge in [0.1, 0.15) is 11.5 Å². The number of rotatable bonds is 3. The predicted octanol–water partition coefficient (Wildman–Crippen LogP) is 2.69. The van der Waals surface area contributed by atoms with Crippen molar-refractivity contribution in [3.8, 4) is 0 Å². The first-order valence-electron chi connectivity index (χ1n) is 8.97. The molecule has 132 valence electrons. The number of carbonyl (C=O) groups is 2. The topological polar surface area (TPSA) is 55.8 Å². The minimum absolute atomic E-state index is 0.0637. The molecule has 4 atom stereocenters. The molecule has 3 heterocycles. The zero-order valence-corrected chi connectivity index (χ0v) is 14.4. The smallest absolute Gasteiger partial charge is 0.312 e. The van der Waals surface area contributed by atoms with Gasteiger partial charge in [-0.2, -0.15) is 0 Å². The van der Waals surface area contributed by atoms with Gasteiger partial charge >= 0.3 is 5.97 Å². The molecule has 0 aromatic heterocycles. The van der Waals surface area contributed by atoms with Crippen molar-refractivity contribution < 1.29 is 19.1 Å². The standard InChI is InChI=1S/C21H19NO4/c1-2-25-20(24)17-16-10-11-21(26-16)12-22(19(23)18(17)21)15-9-5-7-13-6-3-4-8-14(13)15/h3-11,16-18H,2,12H2,1H3/t16-,17+,18-,21-/m0/s1. The molecule has 0 unspecified atom stereocenters. The average molecular weight is 349 g/mol. The zero-order chi connectivity index (χ0) is 17.9. The second-order valence-corrected chi connectivity index (χ2v) is 7.07. The normalized spacial score (nSPS) is 31.7. The summed E-state index contributed by atoms with van der Waals surface area (Å²) in [4.78, 5) is 27.6. The summed E-state index contributed by atoms with van der Waals surface area (Å²) in [6.45, 7) is 2.50. The summed E-state index contributed by atoms with van der Waals surface area (Å²) >= 11 is 0. The lowest BCUT2D eigenvalue weighted by Crippen LogP contribution is -2.40. The Balaban J connectivity index is 1.58. The van der Waals surface area contributed by atoms with Crippen LogP contribution in [0.5, 0.6) is 0 Å². The van der Waals surface area contributed by atoms with Gasteiger partial charge < -0.3 is 14.4 Å². The highest BCUT2D eigenvalue weighted by Gasteiger charge is 2.67. The van der Waals surface area contributed by atoms with Gasteiger partial charge in [-0.05, 0) is 18.4 Å². The molecule has 3 aliphatic rings. The molecule has 0 aliphatic carbocycles. The Bertz CT molecular complexity index is 947. The third-order valence-corrected chi connectivity index (χ3v) is 5.72. The SMILES string of the molecule is CCOC(=O)[C@@H]1[C@@H]2C=C[C@@]3(CN(c4cccc5ccccc45)C(=O)[C@H]13)O2. The summed E-state index contributed by atoms with van der Waals surface area (Å²) in [6, 6.07) is 13.9. The Morgan fingerprint density at radius 1 is 1.27 bits per heavy atom. The van der Waals surface area contributed by atoms with E-state index in [1.165, 1.54) is 0 Å². The van der Waals surface area contributed by atoms with Crippen LogP contribution in [0.3, 0.4) is 0 Å². The van der Waals surface area contributed by atoms with Crippen molar-refractivity contribution in [3.63, 3.8) is 0 Å². The van der Waals surface area contributed by atoms with Gasteiger partial charge in [0, 0.05) is 5.39 Å². The van der Waals surface area contributed by atoms with Crippen molar-refractivity contribution in [2.75, 3.05) is 18.1 Å². The number of hydrogen-bond donors (Lipinski definition) is 0. The number of benzene rings is 2. The second-order valence-electron chi connectivity index (χ2n) is 7.07. The molecule has 0 N–H and O–H groups in total. The van der Waals surface area contributed by atoms with E-state index in [9.17, 15) is 9.59 Å². The van der Waals surface area contributed by atoms with Gasteiger partial charge in [0.15, 0.2) is 0 Å². The Morgan fingerprint density at radius 2 is 2.08 bits per heavy atom. The van der Waals surface area contributed by atoms with E-state index in [1.54, 1.807) is 11.8 Å². The molecule has 1 amide bonds. The summed E-state index contributed by atoms with van der Waals surface area (Å²) in [5, 5.41) is 2.10. The van der Waals surface area contributed by atoms with Crippen molar-refractivity contribution >= 4 is 28.3 Å². The van der Waals surface area contributed by atoms with Crippen LogP contribution in [0.4, 0.5) is 5.69 Å². The average Bonchev–Trinajstić information content (AvgIpc) is 3.30. The van der Waals surface area contributed by atoms with E-state index in [-0.39, 0.29) is 18.0 Å². The number of anilines is 1. The maximum absolute atomic E-state index is 13.3. The first-order valence-corrected chi connectivity index (χ1v) is 8.97. The summed E-state index contributed by atoms with van der Waals surface area (Å²) in [5.74, 6) is -1.49. The van der Waals surface area contributed by atoms with Crippen LogP contribution >= 0.6 is 0 Å². The third kappa shape index (κ3) is 1.95. The minimum Gasteiger partial charge on any atom is -0.466 e. The van der Waals surface area contributed by atoms with Crippen molar-refractivity contribution in [2.45, 2.75) is 18.6 Å². The number of esters is 1. The fourth-order valence-corrected chi connectivity index (χ4v) is 4.65. The molecule has 2 saturated heterocycles. The maximum Gasteiger partial charge on any atom is 0.312 e. The fraction of sp³-hybridized carbons (Fsp3) is 0.333. The molecule has 5 rings (SSSR count). The summed E-state index contributed by atoms with van der Waals surface area (Å²) in [6.07, 6.45) is 3.50. The minimum atomic E-state index is -0.726. The Labute approximate surface area is 151 Å². The van der Waals surface area contributed by atoms with Crippen LogP contribution in [0, 0.1) is 11.8 Å². The van der Waals surface area contributed by atoms with Gasteiger partial charge in [0.2, 0.25) is 5.91 Å². The van der Waals surface area contributed by atoms with Crippen molar-refractivity contribution in [2.24, 2.45) is 11.8 Å². The Kier molecular flexibility index (Phi) is 3.25. The highest BCUT2D eigenvalue weighted by atomic mass is 16.6. The number of nitrogens with zero attached hydrogens (tertiary/aromatic N) is 1. The molecule has 2 aromatic rings. The third-order valence-electron chi connectivity index (χ3n) is 5.72. The molecule has 5 nitrogen and oxygen atoms in total. The maximum atomic E-state index is 13.3. The quantitative estimate of drug-likeness (QED) is 0.631. The lowest BCUT2D eigenvalue weighted by molar-refractivity contribution is -0.151. The first-order chi connectivity index (χ1) is 12.6. The summed E-state index contributed by atoms with van der Waals surface area (Å²) in [7, 11) is 0. The molecule has 2 bridgehead atoms. The largest absolute Gasteiger partial charge is 0.466 e. The van der Waals surface area contributed by atoms with E-state index in [2.05, 4.69) is 0 Å². The molecule has 2 fully saturated rings. The van der Waals surface area contributed by atoms with Gasteiger partial charge in [-0.15, -0.1) is 0 Å². The molecule has 2 aromatic carbocycles.